The molecule has 9 nitrogen and oxygen atoms in total. The van der Waals surface area contributed by atoms with Gasteiger partial charge in [-0.25, -0.2) is 9.37 Å². The molecule has 3 fully saturated rings. The molecular formula is C32H35ClFN6O3+. The number of piperazine rings is 1. The number of carbonyl (C=O) groups is 1. The number of fused-ring (bicyclic) bond motifs is 3. The number of ether oxygens (including phenoxy) is 1. The van der Waals surface area contributed by atoms with Crippen LogP contribution in [0.4, 0.5) is 21.0 Å². The molecule has 224 valence electrons. The molecule has 43 heavy (non-hydrogen) atoms. The Kier molecular flexibility index (Phi) is 6.29. The third kappa shape index (κ3) is 4.54. The van der Waals surface area contributed by atoms with E-state index in [9.17, 15) is 9.90 Å². The minimum absolute atomic E-state index is 0.0192. The van der Waals surface area contributed by atoms with Gasteiger partial charge in [-0.05, 0) is 69.4 Å². The van der Waals surface area contributed by atoms with Crippen molar-refractivity contribution in [1.82, 2.24) is 14.9 Å². The van der Waals surface area contributed by atoms with Gasteiger partial charge in [-0.2, -0.15) is 14.3 Å². The lowest BCUT2D eigenvalue weighted by molar-refractivity contribution is -0.725. The first kappa shape index (κ1) is 28.1. The molecule has 1 unspecified atom stereocenters. The molecule has 1 amide bonds. The van der Waals surface area contributed by atoms with Crippen molar-refractivity contribution in [1.29, 1.82) is 0 Å². The van der Waals surface area contributed by atoms with Gasteiger partial charge in [-0.15, -0.1) is 0 Å². The van der Waals surface area contributed by atoms with Crippen LogP contribution in [0.1, 0.15) is 20.8 Å². The molecule has 4 aromatic rings. The Labute approximate surface area is 254 Å². The highest BCUT2D eigenvalue weighted by Crippen LogP contribution is 2.47. The van der Waals surface area contributed by atoms with Crippen LogP contribution >= 0.6 is 11.6 Å². The number of quaternary nitrogens is 1. The molecule has 0 bridgehead atoms. The third-order valence-corrected chi connectivity index (χ3v) is 9.20. The lowest BCUT2D eigenvalue weighted by atomic mass is 9.96. The quantitative estimate of drug-likeness (QED) is 0.238. The van der Waals surface area contributed by atoms with Crippen LogP contribution in [-0.4, -0.2) is 95.2 Å². The number of anilines is 2. The Bertz CT molecular complexity index is 1800. The van der Waals surface area contributed by atoms with Crippen LogP contribution in [0.25, 0.3) is 32.8 Å². The monoisotopic (exact) mass is 605 g/mol. The number of amides is 1. The number of benzene rings is 3. The van der Waals surface area contributed by atoms with Gasteiger partial charge in [0.05, 0.1) is 11.6 Å². The summed E-state index contributed by atoms with van der Waals surface area (Å²) in [5.41, 5.74) is 0.229. The number of rotatable bonds is 4. The first-order valence-electron chi connectivity index (χ1n) is 14.6. The second-order valence-corrected chi connectivity index (χ2v) is 13.5. The van der Waals surface area contributed by atoms with Gasteiger partial charge in [0, 0.05) is 30.1 Å². The number of likely N-dealkylation sites (N-methyl/N-ethyl adjacent to an activating group) is 1. The van der Waals surface area contributed by atoms with E-state index >= 15 is 4.39 Å². The molecule has 1 aromatic heterocycles. The SMILES string of the molecule is CN(C)C1CN(c2nc(N3CC[N+]4(C(=O)OC(C)(C)C)C[C@H]34)c3cc(Cl)c(-c4cc(O)cc5ccccc45)c(F)c3n2)C1. The zero-order chi connectivity index (χ0) is 30.4. The van der Waals surface area contributed by atoms with E-state index in [-0.39, 0.29) is 38.6 Å². The highest BCUT2D eigenvalue weighted by atomic mass is 35.5. The van der Waals surface area contributed by atoms with Crippen molar-refractivity contribution in [3.05, 3.63) is 53.3 Å². The molecule has 3 aliphatic heterocycles. The first-order chi connectivity index (χ1) is 20.4. The number of aromatic nitrogens is 2. The lowest BCUT2D eigenvalue weighted by Gasteiger charge is -2.43. The molecule has 0 aliphatic carbocycles. The summed E-state index contributed by atoms with van der Waals surface area (Å²) >= 11 is 6.88. The Morgan fingerprint density at radius 2 is 1.88 bits per heavy atom. The second kappa shape index (κ2) is 9.64. The predicted molar refractivity (Wildman–Crippen MR) is 166 cm³/mol. The highest BCUT2D eigenvalue weighted by Gasteiger charge is 2.70. The van der Waals surface area contributed by atoms with Crippen molar-refractivity contribution < 1.29 is 23.5 Å². The summed E-state index contributed by atoms with van der Waals surface area (Å²) in [7, 11) is 4.07. The van der Waals surface area contributed by atoms with Gasteiger partial charge in [-0.3, -0.25) is 4.90 Å². The average molecular weight is 606 g/mol. The van der Waals surface area contributed by atoms with Crippen molar-refractivity contribution in [2.75, 3.05) is 56.6 Å². The standard InChI is InChI=1S/C32H34ClFN6O3/c1-32(2,3)43-31(42)40-11-10-39(25(40)17-40)29-23-14-24(33)26(22-13-20(41)12-18-8-6-7-9-21(18)22)27(34)28(23)35-30(36-29)38-15-19(16-38)37(4)5/h6-9,12-14,19,25H,10-11,15-17H2,1-5H3/p+1/t25-,40?/m1/s1. The summed E-state index contributed by atoms with van der Waals surface area (Å²) < 4.78 is 22.8. The average Bonchev–Trinajstić information content (AvgIpc) is 3.52. The first-order valence-corrected chi connectivity index (χ1v) is 14.9. The molecule has 3 aromatic carbocycles. The van der Waals surface area contributed by atoms with Crippen LogP contribution in [0.15, 0.2) is 42.5 Å². The van der Waals surface area contributed by atoms with Gasteiger partial charge in [0.15, 0.2) is 12.4 Å². The number of hydrogen-bond acceptors (Lipinski definition) is 8. The number of phenolic OH excluding ortho intramolecular Hbond substituents is 1. The fraction of sp³-hybridized carbons (Fsp3) is 0.406. The van der Waals surface area contributed by atoms with Crippen molar-refractivity contribution in [3.63, 3.8) is 0 Å². The van der Waals surface area contributed by atoms with E-state index in [1.165, 1.54) is 6.07 Å². The van der Waals surface area contributed by atoms with Crippen molar-refractivity contribution >= 4 is 51.1 Å². The van der Waals surface area contributed by atoms with Gasteiger partial charge in [0.1, 0.15) is 29.2 Å². The largest absolute Gasteiger partial charge is 0.518 e. The van der Waals surface area contributed by atoms with E-state index in [4.69, 9.17) is 26.3 Å². The van der Waals surface area contributed by atoms with Gasteiger partial charge in [0.25, 0.3) is 0 Å². The Morgan fingerprint density at radius 3 is 2.58 bits per heavy atom. The molecular weight excluding hydrogens is 571 g/mol. The summed E-state index contributed by atoms with van der Waals surface area (Å²) in [5, 5.41) is 12.7. The minimum Gasteiger partial charge on any atom is -0.508 e. The normalized spacial score (nSPS) is 21.9. The van der Waals surface area contributed by atoms with Gasteiger partial charge < -0.3 is 19.6 Å². The van der Waals surface area contributed by atoms with Crippen molar-refractivity contribution in [2.24, 2.45) is 0 Å². The summed E-state index contributed by atoms with van der Waals surface area (Å²) in [5.74, 6) is 0.449. The van der Waals surface area contributed by atoms with E-state index in [2.05, 4.69) is 9.80 Å². The van der Waals surface area contributed by atoms with Crippen molar-refractivity contribution in [2.45, 2.75) is 38.6 Å². The molecule has 1 N–H and O–H groups in total. The maximum atomic E-state index is 16.8. The van der Waals surface area contributed by atoms with Crippen LogP contribution in [0, 0.1) is 5.82 Å². The molecule has 0 radical (unpaired) electrons. The van der Waals surface area contributed by atoms with E-state index in [0.29, 0.717) is 48.4 Å². The number of nitrogens with zero attached hydrogens (tertiary/aromatic N) is 6. The minimum atomic E-state index is -0.594. The topological polar surface area (TPSA) is 82.0 Å². The summed E-state index contributed by atoms with van der Waals surface area (Å²) in [6, 6.07) is 12.7. The van der Waals surface area contributed by atoms with Crippen LogP contribution in [0.5, 0.6) is 5.75 Å². The molecule has 0 saturated carbocycles. The van der Waals surface area contributed by atoms with Gasteiger partial charge in [0.2, 0.25) is 12.1 Å². The molecule has 3 saturated heterocycles. The summed E-state index contributed by atoms with van der Waals surface area (Å²) in [6.07, 6.45) is -0.402. The second-order valence-electron chi connectivity index (χ2n) is 13.1. The smallest absolute Gasteiger partial charge is 0.508 e. The van der Waals surface area contributed by atoms with E-state index < -0.39 is 11.4 Å². The molecule has 11 heteroatoms. The van der Waals surface area contributed by atoms with Crippen LogP contribution in [0.2, 0.25) is 5.02 Å². The molecule has 3 aliphatic rings. The number of halogens is 2. The van der Waals surface area contributed by atoms with Gasteiger partial charge >= 0.3 is 6.09 Å². The molecule has 4 heterocycles. The molecule has 0 spiro atoms. The lowest BCUT2D eigenvalue weighted by Crippen LogP contribution is -2.58. The van der Waals surface area contributed by atoms with Gasteiger partial charge in [-0.1, -0.05) is 35.9 Å². The predicted octanol–water partition coefficient (Wildman–Crippen LogP) is 5.61. The highest BCUT2D eigenvalue weighted by molar-refractivity contribution is 6.35. The summed E-state index contributed by atoms with van der Waals surface area (Å²) in [4.78, 5) is 29.3. The number of phenols is 1. The molecule has 7 rings (SSSR count). The number of aromatic hydroxyl groups is 1. The molecule has 2 atom stereocenters. The summed E-state index contributed by atoms with van der Waals surface area (Å²) in [6.45, 7) is 8.79. The van der Waals surface area contributed by atoms with Crippen LogP contribution < -0.4 is 9.80 Å². The zero-order valence-corrected chi connectivity index (χ0v) is 25.7. The fourth-order valence-corrected chi connectivity index (χ4v) is 6.69. The van der Waals surface area contributed by atoms with E-state index in [1.807, 2.05) is 64.0 Å². The van der Waals surface area contributed by atoms with E-state index in [1.54, 1.807) is 12.1 Å². The Balaban J connectivity index is 1.37. The maximum absolute atomic E-state index is 16.8. The third-order valence-electron chi connectivity index (χ3n) is 8.90. The maximum Gasteiger partial charge on any atom is 0.518 e. The zero-order valence-electron chi connectivity index (χ0n) is 24.9. The fourth-order valence-electron chi connectivity index (χ4n) is 6.40. The van der Waals surface area contributed by atoms with Crippen LogP contribution in [0.3, 0.4) is 0 Å². The number of hydrogen-bond donors (Lipinski definition) is 1. The van der Waals surface area contributed by atoms with Crippen LogP contribution in [-0.2, 0) is 4.74 Å². The Hall–Kier alpha value is -3.73. The van der Waals surface area contributed by atoms with E-state index in [0.717, 1.165) is 23.9 Å². The Morgan fingerprint density at radius 1 is 1.14 bits per heavy atom. The number of carbonyl (C=O) groups excluding carboxylic acids is 1. The van der Waals surface area contributed by atoms with Crippen molar-refractivity contribution in [3.8, 4) is 16.9 Å².